The van der Waals surface area contributed by atoms with Gasteiger partial charge >= 0.3 is 0 Å². The van der Waals surface area contributed by atoms with Crippen LogP contribution in [0.2, 0.25) is 0 Å². The first-order chi connectivity index (χ1) is 19.7. The summed E-state index contributed by atoms with van der Waals surface area (Å²) in [5.41, 5.74) is 1.57. The molecule has 3 amide bonds. The molecule has 0 unspecified atom stereocenters. The lowest BCUT2D eigenvalue weighted by molar-refractivity contribution is -0.129. The van der Waals surface area contributed by atoms with Gasteiger partial charge in [0, 0.05) is 36.8 Å². The minimum atomic E-state index is -0.691. The second-order valence-corrected chi connectivity index (χ2v) is 10.8. The molecule has 0 aliphatic carbocycles. The van der Waals surface area contributed by atoms with Crippen LogP contribution in [0, 0.1) is 5.92 Å². The second kappa shape index (κ2) is 13.4. The average molecular weight is 562 g/mol. The molecule has 3 N–H and O–H groups in total. The molecule has 0 bridgehead atoms. The maximum atomic E-state index is 13.7. The van der Waals surface area contributed by atoms with Gasteiger partial charge < -0.3 is 20.5 Å². The van der Waals surface area contributed by atoms with Crippen molar-refractivity contribution in [2.45, 2.75) is 72.0 Å². The maximum absolute atomic E-state index is 13.7. The number of hydrogen-bond acceptors (Lipinski definition) is 6. The van der Waals surface area contributed by atoms with Crippen molar-refractivity contribution in [1.29, 1.82) is 0 Å². The predicted molar refractivity (Wildman–Crippen MR) is 155 cm³/mol. The SMILES string of the molecule is CCc1[nH]c(=O)ccc1C(=O)N1CCCC(=O)N[C@H](CC(C)C)C(=O)N[C@H](C)c2nc(-c3ccccc3)nn2CC1. The van der Waals surface area contributed by atoms with Gasteiger partial charge in [-0.15, -0.1) is 0 Å². The Hall–Kier alpha value is -4.28. The summed E-state index contributed by atoms with van der Waals surface area (Å²) < 4.78 is 1.74. The summed E-state index contributed by atoms with van der Waals surface area (Å²) >= 11 is 0. The van der Waals surface area contributed by atoms with Crippen molar-refractivity contribution in [3.05, 3.63) is 69.9 Å². The van der Waals surface area contributed by atoms with E-state index < -0.39 is 12.1 Å². The lowest BCUT2D eigenvalue weighted by Gasteiger charge is -2.26. The molecule has 1 aliphatic rings. The molecule has 11 nitrogen and oxygen atoms in total. The van der Waals surface area contributed by atoms with Gasteiger partial charge in [0.1, 0.15) is 11.9 Å². The number of aromatic nitrogens is 4. The average Bonchev–Trinajstić information content (AvgIpc) is 3.38. The Bertz CT molecular complexity index is 1430. The van der Waals surface area contributed by atoms with Crippen molar-refractivity contribution < 1.29 is 14.4 Å². The normalized spacial score (nSPS) is 18.8. The summed E-state index contributed by atoms with van der Waals surface area (Å²) in [5.74, 6) is 0.519. The molecule has 3 aromatic rings. The van der Waals surface area contributed by atoms with Gasteiger partial charge in [-0.2, -0.15) is 5.10 Å². The van der Waals surface area contributed by atoms with Crippen LogP contribution in [-0.4, -0.2) is 61.5 Å². The first kappa shape index (κ1) is 29.7. The number of rotatable bonds is 5. The van der Waals surface area contributed by atoms with E-state index in [-0.39, 0.29) is 35.6 Å². The van der Waals surface area contributed by atoms with E-state index in [9.17, 15) is 19.2 Å². The Labute approximate surface area is 239 Å². The molecule has 218 valence electrons. The van der Waals surface area contributed by atoms with Crippen molar-refractivity contribution >= 4 is 17.7 Å². The summed E-state index contributed by atoms with van der Waals surface area (Å²) in [6.07, 6.45) is 1.56. The summed E-state index contributed by atoms with van der Waals surface area (Å²) in [6, 6.07) is 11.3. The Morgan fingerprint density at radius 1 is 1.02 bits per heavy atom. The third kappa shape index (κ3) is 7.47. The Morgan fingerprint density at radius 2 is 1.78 bits per heavy atom. The third-order valence-electron chi connectivity index (χ3n) is 7.12. The Morgan fingerprint density at radius 3 is 2.49 bits per heavy atom. The predicted octanol–water partition coefficient (Wildman–Crippen LogP) is 2.84. The molecule has 11 heteroatoms. The zero-order chi connectivity index (χ0) is 29.5. The molecule has 2 atom stereocenters. The highest BCUT2D eigenvalue weighted by molar-refractivity contribution is 5.95. The lowest BCUT2D eigenvalue weighted by atomic mass is 10.0. The fourth-order valence-electron chi connectivity index (χ4n) is 5.02. The fourth-order valence-corrected chi connectivity index (χ4v) is 5.02. The zero-order valence-corrected chi connectivity index (χ0v) is 24.1. The van der Waals surface area contributed by atoms with E-state index in [0.717, 1.165) is 5.56 Å². The molecule has 2 aromatic heterocycles. The Balaban J connectivity index is 1.71. The van der Waals surface area contributed by atoms with E-state index in [1.165, 1.54) is 6.07 Å². The second-order valence-electron chi connectivity index (χ2n) is 10.8. The molecule has 0 saturated heterocycles. The Kier molecular flexibility index (Phi) is 9.69. The van der Waals surface area contributed by atoms with Crippen molar-refractivity contribution in [2.24, 2.45) is 5.92 Å². The molecular weight excluding hydrogens is 522 g/mol. The molecule has 3 heterocycles. The number of carbonyl (C=O) groups excluding carboxylic acids is 3. The van der Waals surface area contributed by atoms with Crippen LogP contribution in [0.25, 0.3) is 11.4 Å². The van der Waals surface area contributed by atoms with Crippen LogP contribution in [-0.2, 0) is 22.6 Å². The topological polar surface area (TPSA) is 142 Å². The first-order valence-electron chi connectivity index (χ1n) is 14.3. The van der Waals surface area contributed by atoms with Crippen molar-refractivity contribution in [3.63, 3.8) is 0 Å². The quantitative estimate of drug-likeness (QED) is 0.437. The molecule has 0 fully saturated rings. The summed E-state index contributed by atoms with van der Waals surface area (Å²) in [7, 11) is 0. The van der Waals surface area contributed by atoms with Gasteiger partial charge in [-0.05, 0) is 38.2 Å². The van der Waals surface area contributed by atoms with Crippen molar-refractivity contribution in [3.8, 4) is 11.4 Å². The zero-order valence-electron chi connectivity index (χ0n) is 24.1. The number of amides is 3. The number of nitrogens with one attached hydrogen (secondary N) is 3. The van der Waals surface area contributed by atoms with Gasteiger partial charge in [0.25, 0.3) is 5.91 Å². The molecule has 0 saturated carbocycles. The molecular formula is C30H39N7O4. The number of hydrogen-bond donors (Lipinski definition) is 3. The number of benzene rings is 1. The number of aromatic amines is 1. The standard InChI is InChI=1S/C30H39N7O4/c1-5-23-22(13-14-26(39)32-23)30(41)36-15-9-12-25(38)33-24(18-19(2)3)29(40)31-20(4)28-34-27(35-37(28)17-16-36)21-10-7-6-8-11-21/h6-8,10-11,13-14,19-20,24H,5,9,12,15-18H2,1-4H3,(H,31,40)(H,32,39)(H,33,38)/t20-,24-/m1/s1. The number of nitrogens with zero attached hydrogens (tertiary/aromatic N) is 4. The van der Waals surface area contributed by atoms with E-state index in [1.54, 1.807) is 15.6 Å². The van der Waals surface area contributed by atoms with E-state index in [1.807, 2.05) is 58.0 Å². The highest BCUT2D eigenvalue weighted by Crippen LogP contribution is 2.20. The van der Waals surface area contributed by atoms with Crippen LogP contribution in [0.3, 0.4) is 0 Å². The molecule has 4 rings (SSSR count). The molecule has 0 radical (unpaired) electrons. The first-order valence-corrected chi connectivity index (χ1v) is 14.3. The summed E-state index contributed by atoms with van der Waals surface area (Å²) in [4.78, 5) is 61.0. The van der Waals surface area contributed by atoms with E-state index in [0.29, 0.717) is 61.8 Å². The lowest BCUT2D eigenvalue weighted by Crippen LogP contribution is -2.48. The molecule has 41 heavy (non-hydrogen) atoms. The van der Waals surface area contributed by atoms with Gasteiger partial charge in [-0.1, -0.05) is 51.1 Å². The number of pyridine rings is 1. The van der Waals surface area contributed by atoms with E-state index >= 15 is 0 Å². The maximum Gasteiger partial charge on any atom is 0.255 e. The number of fused-ring (bicyclic) bond motifs is 1. The van der Waals surface area contributed by atoms with E-state index in [2.05, 4.69) is 15.6 Å². The summed E-state index contributed by atoms with van der Waals surface area (Å²) in [6.45, 7) is 8.66. The van der Waals surface area contributed by atoms with E-state index in [4.69, 9.17) is 10.1 Å². The van der Waals surface area contributed by atoms with Crippen molar-refractivity contribution in [2.75, 3.05) is 13.1 Å². The largest absolute Gasteiger partial charge is 0.345 e. The van der Waals surface area contributed by atoms with Gasteiger partial charge in [-0.25, -0.2) is 9.67 Å². The molecule has 0 spiro atoms. The number of carbonyl (C=O) groups is 3. The molecule has 1 aromatic carbocycles. The monoisotopic (exact) mass is 561 g/mol. The van der Waals surface area contributed by atoms with Crippen molar-refractivity contribution in [1.82, 2.24) is 35.3 Å². The van der Waals surface area contributed by atoms with Crippen LogP contribution in [0.15, 0.2) is 47.3 Å². The highest BCUT2D eigenvalue weighted by atomic mass is 16.2. The van der Waals surface area contributed by atoms with Crippen LogP contribution in [0.1, 0.15) is 74.9 Å². The smallest absolute Gasteiger partial charge is 0.255 e. The van der Waals surface area contributed by atoms with Gasteiger partial charge in [0.15, 0.2) is 5.82 Å². The minimum Gasteiger partial charge on any atom is -0.345 e. The van der Waals surface area contributed by atoms with Crippen LogP contribution in [0.5, 0.6) is 0 Å². The van der Waals surface area contributed by atoms with Crippen LogP contribution < -0.4 is 16.2 Å². The highest BCUT2D eigenvalue weighted by Gasteiger charge is 2.27. The van der Waals surface area contributed by atoms with Crippen LogP contribution >= 0.6 is 0 Å². The third-order valence-corrected chi connectivity index (χ3v) is 7.12. The van der Waals surface area contributed by atoms with Gasteiger partial charge in [-0.3, -0.25) is 19.2 Å². The fraction of sp³-hybridized carbons (Fsp3) is 0.467. The van der Waals surface area contributed by atoms with Gasteiger partial charge in [0.05, 0.1) is 18.2 Å². The number of aryl methyl sites for hydroxylation is 1. The number of H-pyrrole nitrogens is 1. The van der Waals surface area contributed by atoms with Crippen LogP contribution in [0.4, 0.5) is 0 Å². The minimum absolute atomic E-state index is 0.167. The summed E-state index contributed by atoms with van der Waals surface area (Å²) in [5, 5.41) is 10.7. The molecule has 1 aliphatic heterocycles. The van der Waals surface area contributed by atoms with Gasteiger partial charge in [0.2, 0.25) is 17.4 Å².